The minimum absolute atomic E-state index is 0.796. The lowest BCUT2D eigenvalue weighted by molar-refractivity contribution is 0.203. The van der Waals surface area contributed by atoms with Gasteiger partial charge in [0.05, 0.1) is 0 Å². The average molecular weight is 253 g/mol. The van der Waals surface area contributed by atoms with Gasteiger partial charge in [-0.3, -0.25) is 0 Å². The zero-order chi connectivity index (χ0) is 12.8. The minimum atomic E-state index is 0.796. The molecule has 2 unspecified atom stereocenters. The fourth-order valence-corrected chi connectivity index (χ4v) is 3.44. The number of nitrogens with one attached hydrogen (secondary N) is 1. The molecule has 3 heteroatoms. The lowest BCUT2D eigenvalue weighted by atomic mass is 9.98. The molecule has 0 aliphatic carbocycles. The summed E-state index contributed by atoms with van der Waals surface area (Å²) in [4.78, 5) is 5.10. The predicted octanol–water partition coefficient (Wildman–Crippen LogP) is 1.65. The molecule has 0 saturated carbocycles. The van der Waals surface area contributed by atoms with Crippen LogP contribution < -0.4 is 5.32 Å². The third-order valence-corrected chi connectivity index (χ3v) is 4.42. The van der Waals surface area contributed by atoms with Crippen LogP contribution in [0, 0.1) is 11.8 Å². The third kappa shape index (κ3) is 4.87. The summed E-state index contributed by atoms with van der Waals surface area (Å²) in [6, 6.07) is 0. The van der Waals surface area contributed by atoms with Crippen LogP contribution in [0.15, 0.2) is 0 Å². The van der Waals surface area contributed by atoms with Crippen LogP contribution in [0.3, 0.4) is 0 Å². The SMILES string of the molecule is CC(CNCC1CCCN(C)C1)CN1CCCC1. The number of hydrogen-bond donors (Lipinski definition) is 1. The molecule has 0 bridgehead atoms. The van der Waals surface area contributed by atoms with Crippen molar-refractivity contribution >= 4 is 0 Å². The molecule has 0 amide bonds. The van der Waals surface area contributed by atoms with Crippen LogP contribution >= 0.6 is 0 Å². The van der Waals surface area contributed by atoms with E-state index in [1.165, 1.54) is 71.5 Å². The monoisotopic (exact) mass is 253 g/mol. The highest BCUT2D eigenvalue weighted by Gasteiger charge is 2.18. The topological polar surface area (TPSA) is 18.5 Å². The second-order valence-electron chi connectivity index (χ2n) is 6.54. The molecule has 0 radical (unpaired) electrons. The molecule has 2 rings (SSSR count). The fraction of sp³-hybridized carbons (Fsp3) is 1.00. The first kappa shape index (κ1) is 14.3. The number of nitrogens with zero attached hydrogens (tertiary/aromatic N) is 2. The van der Waals surface area contributed by atoms with E-state index >= 15 is 0 Å². The van der Waals surface area contributed by atoms with Crippen molar-refractivity contribution in [2.75, 3.05) is 52.9 Å². The zero-order valence-corrected chi connectivity index (χ0v) is 12.3. The predicted molar refractivity (Wildman–Crippen MR) is 77.9 cm³/mol. The number of hydrogen-bond acceptors (Lipinski definition) is 3. The first-order chi connectivity index (χ1) is 8.74. The Kier molecular flexibility index (Phi) is 5.93. The largest absolute Gasteiger partial charge is 0.316 e. The molecule has 2 atom stereocenters. The maximum Gasteiger partial charge on any atom is 0.00191 e. The van der Waals surface area contributed by atoms with Crippen molar-refractivity contribution in [2.24, 2.45) is 11.8 Å². The summed E-state index contributed by atoms with van der Waals surface area (Å²) in [5.74, 6) is 1.67. The van der Waals surface area contributed by atoms with E-state index in [2.05, 4.69) is 29.1 Å². The van der Waals surface area contributed by atoms with Crippen LogP contribution in [-0.4, -0.2) is 62.7 Å². The van der Waals surface area contributed by atoms with E-state index in [9.17, 15) is 0 Å². The molecule has 0 aromatic carbocycles. The van der Waals surface area contributed by atoms with Crippen molar-refractivity contribution in [1.82, 2.24) is 15.1 Å². The summed E-state index contributed by atoms with van der Waals surface area (Å²) in [6.45, 7) is 11.3. The van der Waals surface area contributed by atoms with Crippen molar-refractivity contribution in [3.8, 4) is 0 Å². The van der Waals surface area contributed by atoms with Gasteiger partial charge in [0.25, 0.3) is 0 Å². The van der Waals surface area contributed by atoms with Gasteiger partial charge in [0.1, 0.15) is 0 Å². The van der Waals surface area contributed by atoms with E-state index in [0.29, 0.717) is 0 Å². The van der Waals surface area contributed by atoms with Crippen LogP contribution in [0.2, 0.25) is 0 Å². The lowest BCUT2D eigenvalue weighted by Gasteiger charge is -2.30. The molecule has 0 aromatic rings. The Balaban J connectivity index is 1.53. The van der Waals surface area contributed by atoms with Crippen molar-refractivity contribution in [2.45, 2.75) is 32.6 Å². The van der Waals surface area contributed by atoms with Gasteiger partial charge in [-0.1, -0.05) is 6.92 Å². The first-order valence-corrected chi connectivity index (χ1v) is 7.85. The molecule has 2 heterocycles. The average Bonchev–Trinajstić information content (AvgIpc) is 2.82. The molecular formula is C15H31N3. The van der Waals surface area contributed by atoms with E-state index in [-0.39, 0.29) is 0 Å². The molecule has 3 nitrogen and oxygen atoms in total. The van der Waals surface area contributed by atoms with Gasteiger partial charge in [-0.05, 0) is 77.3 Å². The van der Waals surface area contributed by atoms with E-state index in [1.54, 1.807) is 0 Å². The summed E-state index contributed by atoms with van der Waals surface area (Å²) in [7, 11) is 2.25. The maximum absolute atomic E-state index is 3.70. The maximum atomic E-state index is 3.70. The van der Waals surface area contributed by atoms with Crippen molar-refractivity contribution in [3.63, 3.8) is 0 Å². The Morgan fingerprint density at radius 2 is 1.94 bits per heavy atom. The van der Waals surface area contributed by atoms with Crippen LogP contribution in [0.25, 0.3) is 0 Å². The van der Waals surface area contributed by atoms with Gasteiger partial charge in [0.2, 0.25) is 0 Å². The number of rotatable bonds is 6. The quantitative estimate of drug-likeness (QED) is 0.776. The van der Waals surface area contributed by atoms with Crippen molar-refractivity contribution in [3.05, 3.63) is 0 Å². The molecule has 0 aromatic heterocycles. The molecule has 1 N–H and O–H groups in total. The minimum Gasteiger partial charge on any atom is -0.316 e. The standard InChI is InChI=1S/C15H31N3/c1-14(12-18-8-3-4-9-18)10-16-11-15-6-5-7-17(2)13-15/h14-16H,3-13H2,1-2H3. The second kappa shape index (κ2) is 7.46. The summed E-state index contributed by atoms with van der Waals surface area (Å²) >= 11 is 0. The normalized spacial score (nSPS) is 28.7. The molecule has 2 saturated heterocycles. The molecule has 18 heavy (non-hydrogen) atoms. The third-order valence-electron chi connectivity index (χ3n) is 4.42. The van der Waals surface area contributed by atoms with Gasteiger partial charge in [0.15, 0.2) is 0 Å². The molecule has 0 spiro atoms. The Labute approximate surface area is 113 Å². The first-order valence-electron chi connectivity index (χ1n) is 7.85. The zero-order valence-electron chi connectivity index (χ0n) is 12.3. The Bertz CT molecular complexity index is 226. The summed E-state index contributed by atoms with van der Waals surface area (Å²) in [6.07, 6.45) is 5.62. The van der Waals surface area contributed by atoms with Crippen LogP contribution in [0.5, 0.6) is 0 Å². The van der Waals surface area contributed by atoms with Gasteiger partial charge in [0, 0.05) is 13.1 Å². The summed E-state index contributed by atoms with van der Waals surface area (Å²) < 4.78 is 0. The summed E-state index contributed by atoms with van der Waals surface area (Å²) in [5, 5.41) is 3.70. The summed E-state index contributed by atoms with van der Waals surface area (Å²) in [5.41, 5.74) is 0. The van der Waals surface area contributed by atoms with E-state index in [4.69, 9.17) is 0 Å². The van der Waals surface area contributed by atoms with E-state index < -0.39 is 0 Å². The van der Waals surface area contributed by atoms with Gasteiger partial charge >= 0.3 is 0 Å². The van der Waals surface area contributed by atoms with Crippen molar-refractivity contribution in [1.29, 1.82) is 0 Å². The van der Waals surface area contributed by atoms with Crippen molar-refractivity contribution < 1.29 is 0 Å². The molecule has 2 fully saturated rings. The van der Waals surface area contributed by atoms with Gasteiger partial charge < -0.3 is 15.1 Å². The lowest BCUT2D eigenvalue weighted by Crippen LogP contribution is -2.39. The highest BCUT2D eigenvalue weighted by atomic mass is 15.1. The molecule has 2 aliphatic rings. The fourth-order valence-electron chi connectivity index (χ4n) is 3.44. The van der Waals surface area contributed by atoms with Crippen LogP contribution in [0.4, 0.5) is 0 Å². The molecule has 2 aliphatic heterocycles. The Hall–Kier alpha value is -0.120. The van der Waals surface area contributed by atoms with E-state index in [1.807, 2.05) is 0 Å². The van der Waals surface area contributed by atoms with Gasteiger partial charge in [-0.2, -0.15) is 0 Å². The Morgan fingerprint density at radius 1 is 1.17 bits per heavy atom. The van der Waals surface area contributed by atoms with Gasteiger partial charge in [-0.15, -0.1) is 0 Å². The highest BCUT2D eigenvalue weighted by Crippen LogP contribution is 2.14. The second-order valence-corrected chi connectivity index (χ2v) is 6.54. The van der Waals surface area contributed by atoms with Crippen LogP contribution in [-0.2, 0) is 0 Å². The number of piperidine rings is 1. The van der Waals surface area contributed by atoms with E-state index in [0.717, 1.165) is 11.8 Å². The smallest absolute Gasteiger partial charge is 0.00191 e. The Morgan fingerprint density at radius 3 is 2.67 bits per heavy atom. The van der Waals surface area contributed by atoms with Gasteiger partial charge in [-0.25, -0.2) is 0 Å². The number of likely N-dealkylation sites (tertiary alicyclic amines) is 2. The molecule has 106 valence electrons. The molecular weight excluding hydrogens is 222 g/mol. The van der Waals surface area contributed by atoms with Crippen LogP contribution in [0.1, 0.15) is 32.6 Å². The highest BCUT2D eigenvalue weighted by molar-refractivity contribution is 4.74.